The molecule has 0 bridgehead atoms. The summed E-state index contributed by atoms with van der Waals surface area (Å²) in [6.07, 6.45) is 4.69. The molecule has 1 amide bonds. The number of nitrogens with zero attached hydrogens (tertiary/aromatic N) is 2. The van der Waals surface area contributed by atoms with Gasteiger partial charge in [-0.3, -0.25) is 9.69 Å². The van der Waals surface area contributed by atoms with Crippen LogP contribution >= 0.6 is 11.3 Å². The predicted octanol–water partition coefficient (Wildman–Crippen LogP) is 1.96. The molecule has 1 aliphatic heterocycles. The van der Waals surface area contributed by atoms with Crippen LogP contribution in [0.15, 0.2) is 0 Å². The van der Waals surface area contributed by atoms with E-state index in [0.717, 1.165) is 61.3 Å². The van der Waals surface area contributed by atoms with Crippen LogP contribution in [-0.2, 0) is 11.3 Å². The molecule has 2 heterocycles. The van der Waals surface area contributed by atoms with Crippen molar-refractivity contribution in [2.75, 3.05) is 26.3 Å². The standard InChI is InChI=1S/C15H23N3O2S/c1-11-14(15(19)17-12-4-2-3-5-12)21-13(16-11)10-18-6-8-20-9-7-18/h12H,2-10H2,1H3,(H,17,19). The number of ether oxygens (including phenoxy) is 1. The van der Waals surface area contributed by atoms with Crippen LogP contribution < -0.4 is 5.32 Å². The fourth-order valence-corrected chi connectivity index (χ4v) is 4.01. The van der Waals surface area contributed by atoms with Gasteiger partial charge in [0, 0.05) is 19.1 Å². The monoisotopic (exact) mass is 309 g/mol. The molecule has 1 saturated heterocycles. The van der Waals surface area contributed by atoms with Crippen LogP contribution in [0, 0.1) is 6.92 Å². The molecule has 1 aromatic heterocycles. The summed E-state index contributed by atoms with van der Waals surface area (Å²) >= 11 is 1.54. The van der Waals surface area contributed by atoms with Crippen LogP contribution in [-0.4, -0.2) is 48.1 Å². The Bertz CT molecular complexity index is 491. The summed E-state index contributed by atoms with van der Waals surface area (Å²) in [6.45, 7) is 6.23. The number of aryl methyl sites for hydroxylation is 1. The summed E-state index contributed by atoms with van der Waals surface area (Å²) in [5.74, 6) is 0.0603. The Morgan fingerprint density at radius 2 is 2.10 bits per heavy atom. The zero-order valence-corrected chi connectivity index (χ0v) is 13.4. The molecule has 0 spiro atoms. The van der Waals surface area contributed by atoms with Crippen LogP contribution in [0.4, 0.5) is 0 Å². The highest BCUT2D eigenvalue weighted by atomic mass is 32.1. The topological polar surface area (TPSA) is 54.5 Å². The summed E-state index contributed by atoms with van der Waals surface area (Å²) < 4.78 is 5.36. The van der Waals surface area contributed by atoms with Crippen molar-refractivity contribution in [2.24, 2.45) is 0 Å². The highest BCUT2D eigenvalue weighted by molar-refractivity contribution is 7.13. The van der Waals surface area contributed by atoms with E-state index in [4.69, 9.17) is 4.74 Å². The highest BCUT2D eigenvalue weighted by Crippen LogP contribution is 2.22. The lowest BCUT2D eigenvalue weighted by Gasteiger charge is -2.25. The van der Waals surface area contributed by atoms with Crippen LogP contribution in [0.1, 0.15) is 46.1 Å². The van der Waals surface area contributed by atoms with Crippen molar-refractivity contribution in [3.05, 3.63) is 15.6 Å². The Morgan fingerprint density at radius 1 is 1.38 bits per heavy atom. The summed E-state index contributed by atoms with van der Waals surface area (Å²) in [5, 5.41) is 4.18. The number of carbonyl (C=O) groups excluding carboxylic acids is 1. The number of rotatable bonds is 4. The lowest BCUT2D eigenvalue weighted by molar-refractivity contribution is 0.0341. The first-order chi connectivity index (χ1) is 10.2. The van der Waals surface area contributed by atoms with Gasteiger partial charge in [0.05, 0.1) is 25.5 Å². The third kappa shape index (κ3) is 3.81. The molecule has 1 aliphatic carbocycles. The zero-order chi connectivity index (χ0) is 14.7. The quantitative estimate of drug-likeness (QED) is 0.924. The van der Waals surface area contributed by atoms with Crippen molar-refractivity contribution in [1.82, 2.24) is 15.2 Å². The predicted molar refractivity (Wildman–Crippen MR) is 82.7 cm³/mol. The fourth-order valence-electron chi connectivity index (χ4n) is 3.00. The number of morpholine rings is 1. The van der Waals surface area contributed by atoms with Gasteiger partial charge in [0.2, 0.25) is 0 Å². The molecule has 5 nitrogen and oxygen atoms in total. The van der Waals surface area contributed by atoms with Gasteiger partial charge in [-0.15, -0.1) is 11.3 Å². The third-order valence-electron chi connectivity index (χ3n) is 4.20. The minimum Gasteiger partial charge on any atom is -0.379 e. The van der Waals surface area contributed by atoms with E-state index in [2.05, 4.69) is 15.2 Å². The average molecular weight is 309 g/mol. The minimum absolute atomic E-state index is 0.0603. The average Bonchev–Trinajstić information content (AvgIpc) is 3.10. The van der Waals surface area contributed by atoms with E-state index in [1.807, 2.05) is 6.92 Å². The van der Waals surface area contributed by atoms with E-state index in [0.29, 0.717) is 6.04 Å². The maximum absolute atomic E-state index is 12.4. The van der Waals surface area contributed by atoms with Gasteiger partial charge in [-0.2, -0.15) is 0 Å². The molecular formula is C15H23N3O2S. The Labute approximate surface area is 129 Å². The number of amides is 1. The van der Waals surface area contributed by atoms with Crippen molar-refractivity contribution in [1.29, 1.82) is 0 Å². The third-order valence-corrected chi connectivity index (χ3v) is 5.34. The number of thiazole rings is 1. The summed E-state index contributed by atoms with van der Waals surface area (Å²) in [5.41, 5.74) is 0.860. The van der Waals surface area contributed by atoms with Crippen LogP contribution in [0.25, 0.3) is 0 Å². The molecule has 3 rings (SSSR count). The van der Waals surface area contributed by atoms with Gasteiger partial charge in [-0.1, -0.05) is 12.8 Å². The van der Waals surface area contributed by atoms with Gasteiger partial charge < -0.3 is 10.1 Å². The van der Waals surface area contributed by atoms with E-state index in [1.165, 1.54) is 24.2 Å². The largest absolute Gasteiger partial charge is 0.379 e. The Hall–Kier alpha value is -0.980. The molecule has 1 aromatic rings. The van der Waals surface area contributed by atoms with E-state index >= 15 is 0 Å². The van der Waals surface area contributed by atoms with Crippen LogP contribution in [0.5, 0.6) is 0 Å². The summed E-state index contributed by atoms with van der Waals surface area (Å²) in [6, 6.07) is 0.363. The molecule has 2 fully saturated rings. The molecule has 116 valence electrons. The van der Waals surface area contributed by atoms with Crippen molar-refractivity contribution in [3.8, 4) is 0 Å². The van der Waals surface area contributed by atoms with Gasteiger partial charge in [-0.05, 0) is 19.8 Å². The van der Waals surface area contributed by atoms with E-state index < -0.39 is 0 Å². The lowest BCUT2D eigenvalue weighted by atomic mass is 10.2. The smallest absolute Gasteiger partial charge is 0.263 e. The van der Waals surface area contributed by atoms with Crippen LogP contribution in [0.3, 0.4) is 0 Å². The molecule has 0 radical (unpaired) electrons. The van der Waals surface area contributed by atoms with Crippen molar-refractivity contribution < 1.29 is 9.53 Å². The number of aromatic nitrogens is 1. The molecule has 6 heteroatoms. The zero-order valence-electron chi connectivity index (χ0n) is 12.6. The molecule has 2 aliphatic rings. The van der Waals surface area contributed by atoms with E-state index in [-0.39, 0.29) is 5.91 Å². The number of hydrogen-bond donors (Lipinski definition) is 1. The molecule has 21 heavy (non-hydrogen) atoms. The summed E-state index contributed by atoms with van der Waals surface area (Å²) in [7, 11) is 0. The van der Waals surface area contributed by atoms with E-state index in [1.54, 1.807) is 0 Å². The number of nitrogens with one attached hydrogen (secondary N) is 1. The highest BCUT2D eigenvalue weighted by Gasteiger charge is 2.22. The van der Waals surface area contributed by atoms with Gasteiger partial charge in [0.25, 0.3) is 5.91 Å². The molecule has 0 aromatic carbocycles. The van der Waals surface area contributed by atoms with Gasteiger partial charge in [-0.25, -0.2) is 4.98 Å². The maximum Gasteiger partial charge on any atom is 0.263 e. The van der Waals surface area contributed by atoms with Gasteiger partial charge in [0.15, 0.2) is 0 Å². The second-order valence-corrected chi connectivity index (χ2v) is 6.95. The van der Waals surface area contributed by atoms with Gasteiger partial charge in [0.1, 0.15) is 9.88 Å². The SMILES string of the molecule is Cc1nc(CN2CCOCC2)sc1C(=O)NC1CCCC1. The van der Waals surface area contributed by atoms with E-state index in [9.17, 15) is 4.79 Å². The minimum atomic E-state index is 0.0603. The second kappa shape index (κ2) is 6.85. The maximum atomic E-state index is 12.4. The first kappa shape index (κ1) is 14.9. The van der Waals surface area contributed by atoms with Crippen molar-refractivity contribution in [3.63, 3.8) is 0 Å². The van der Waals surface area contributed by atoms with Crippen LogP contribution in [0.2, 0.25) is 0 Å². The Morgan fingerprint density at radius 3 is 2.81 bits per heavy atom. The lowest BCUT2D eigenvalue weighted by Crippen LogP contribution is -2.35. The molecule has 0 unspecified atom stereocenters. The Balaban J connectivity index is 1.61. The Kier molecular flexibility index (Phi) is 4.87. The second-order valence-electron chi connectivity index (χ2n) is 5.87. The molecule has 0 atom stereocenters. The normalized spacial score (nSPS) is 20.8. The number of carbonyl (C=O) groups is 1. The van der Waals surface area contributed by atoms with Crippen molar-refractivity contribution >= 4 is 17.2 Å². The molecular weight excluding hydrogens is 286 g/mol. The summed E-state index contributed by atoms with van der Waals surface area (Å²) in [4.78, 5) is 20.0. The van der Waals surface area contributed by atoms with Crippen molar-refractivity contribution in [2.45, 2.75) is 45.2 Å². The molecule has 1 N–H and O–H groups in total. The molecule has 1 saturated carbocycles. The fraction of sp³-hybridized carbons (Fsp3) is 0.733. The first-order valence-corrected chi connectivity index (χ1v) is 8.61. The number of hydrogen-bond acceptors (Lipinski definition) is 5. The van der Waals surface area contributed by atoms with Gasteiger partial charge >= 0.3 is 0 Å². The first-order valence-electron chi connectivity index (χ1n) is 7.79.